The summed E-state index contributed by atoms with van der Waals surface area (Å²) in [5, 5.41) is 22.2. The van der Waals surface area contributed by atoms with Crippen LogP contribution in [0.2, 0.25) is 0 Å². The summed E-state index contributed by atoms with van der Waals surface area (Å²) in [5.74, 6) is -0.341. The molecular weight excluding hydrogens is 286 g/mol. The third-order valence-corrected chi connectivity index (χ3v) is 3.52. The maximum atomic E-state index is 12.2. The zero-order chi connectivity index (χ0) is 16.1. The number of hydrogen-bond acceptors (Lipinski definition) is 4. The molecule has 118 valence electrons. The largest absolute Gasteiger partial charge is 0.465 e. The summed E-state index contributed by atoms with van der Waals surface area (Å²) >= 11 is 0. The first-order valence-electron chi connectivity index (χ1n) is 6.90. The number of nitrogens with zero attached hydrogens (tertiary/aromatic N) is 1. The van der Waals surface area contributed by atoms with Gasteiger partial charge in [0.05, 0.1) is 0 Å². The maximum absolute atomic E-state index is 12.2. The summed E-state index contributed by atoms with van der Waals surface area (Å²) in [5.41, 5.74) is 6.84. The maximum Gasteiger partial charge on any atom is 0.408 e. The first-order valence-corrected chi connectivity index (χ1v) is 6.90. The van der Waals surface area contributed by atoms with E-state index < -0.39 is 12.1 Å². The van der Waals surface area contributed by atoms with Gasteiger partial charge in [-0.2, -0.15) is 0 Å². The van der Waals surface area contributed by atoms with Crippen LogP contribution in [0.4, 0.5) is 4.79 Å². The van der Waals surface area contributed by atoms with Crippen molar-refractivity contribution in [1.82, 2.24) is 15.5 Å². The molecule has 0 spiro atoms. The van der Waals surface area contributed by atoms with Gasteiger partial charge >= 0.3 is 6.09 Å². The normalized spacial score (nSPS) is 17.8. The van der Waals surface area contributed by atoms with Crippen LogP contribution in [0.5, 0.6) is 0 Å². The first kappa shape index (κ1) is 15.8. The summed E-state index contributed by atoms with van der Waals surface area (Å²) in [6.07, 6.45) is -1.09. The van der Waals surface area contributed by atoms with Crippen LogP contribution >= 0.6 is 0 Å². The van der Waals surface area contributed by atoms with Gasteiger partial charge in [0.15, 0.2) is 0 Å². The minimum Gasteiger partial charge on any atom is -0.465 e. The molecule has 0 bridgehead atoms. The lowest BCUT2D eigenvalue weighted by Gasteiger charge is -2.32. The van der Waals surface area contributed by atoms with E-state index >= 15 is 0 Å². The highest BCUT2D eigenvalue weighted by Crippen LogP contribution is 2.06. The van der Waals surface area contributed by atoms with Crippen molar-refractivity contribution < 1.29 is 14.7 Å². The Hall–Kier alpha value is -2.61. The van der Waals surface area contributed by atoms with E-state index in [4.69, 9.17) is 16.2 Å². The second kappa shape index (κ2) is 6.90. The fraction of sp³-hybridized carbons (Fsp3) is 0.357. The van der Waals surface area contributed by atoms with Crippen molar-refractivity contribution in [3.8, 4) is 0 Å². The Morgan fingerprint density at radius 1 is 1.41 bits per heavy atom. The Kier molecular flexibility index (Phi) is 4.95. The van der Waals surface area contributed by atoms with Gasteiger partial charge in [-0.25, -0.2) is 4.79 Å². The number of carboxylic acid groups (broad SMARTS) is 1. The van der Waals surface area contributed by atoms with Gasteiger partial charge in [0.2, 0.25) is 5.91 Å². The molecule has 1 saturated heterocycles. The molecule has 6 N–H and O–H groups in total. The molecule has 0 radical (unpaired) electrons. The number of carbonyl (C=O) groups excluding carboxylic acids is 1. The van der Waals surface area contributed by atoms with Crippen molar-refractivity contribution in [3.05, 3.63) is 35.4 Å². The molecular formula is C14H19N5O3. The Morgan fingerprint density at radius 3 is 2.68 bits per heavy atom. The van der Waals surface area contributed by atoms with E-state index in [0.717, 1.165) is 10.5 Å². The summed E-state index contributed by atoms with van der Waals surface area (Å²) in [4.78, 5) is 24.4. The van der Waals surface area contributed by atoms with Crippen LogP contribution in [0.1, 0.15) is 11.1 Å². The van der Waals surface area contributed by atoms with Crippen LogP contribution < -0.4 is 16.4 Å². The molecule has 0 aromatic heterocycles. The number of piperazine rings is 1. The summed E-state index contributed by atoms with van der Waals surface area (Å²) in [6.45, 7) is 1.44. The molecule has 0 saturated carbocycles. The number of hydrogen-bond donors (Lipinski definition) is 5. The van der Waals surface area contributed by atoms with Gasteiger partial charge in [0, 0.05) is 31.7 Å². The number of benzene rings is 1. The number of amidine groups is 1. The zero-order valence-electron chi connectivity index (χ0n) is 12.0. The van der Waals surface area contributed by atoms with Crippen molar-refractivity contribution >= 4 is 17.8 Å². The standard InChI is InChI=1S/C14H19N5O3/c15-12(16)10-3-1-9(2-4-10)7-18-13(20)11-8-17-5-6-19(11)14(21)22/h1-4,11,17H,5-8H2,(H3,15,16)(H,18,20)(H,21,22). The molecule has 1 fully saturated rings. The van der Waals surface area contributed by atoms with Crippen molar-refractivity contribution in [2.75, 3.05) is 19.6 Å². The number of nitrogens with two attached hydrogens (primary N) is 1. The average Bonchev–Trinajstić information content (AvgIpc) is 2.53. The molecule has 1 aromatic carbocycles. The molecule has 1 aliphatic heterocycles. The molecule has 1 aliphatic rings. The zero-order valence-corrected chi connectivity index (χ0v) is 12.0. The SMILES string of the molecule is N=C(N)c1ccc(CNC(=O)C2CNCCN2C(=O)O)cc1. The molecule has 1 aromatic rings. The van der Waals surface area contributed by atoms with E-state index in [1.165, 1.54) is 0 Å². The van der Waals surface area contributed by atoms with E-state index in [1.54, 1.807) is 24.3 Å². The lowest BCUT2D eigenvalue weighted by molar-refractivity contribution is -0.126. The highest BCUT2D eigenvalue weighted by Gasteiger charge is 2.31. The Morgan fingerprint density at radius 2 is 2.09 bits per heavy atom. The molecule has 2 amide bonds. The number of nitrogens with one attached hydrogen (secondary N) is 3. The third-order valence-electron chi connectivity index (χ3n) is 3.52. The summed E-state index contributed by atoms with van der Waals surface area (Å²) in [6, 6.07) is 6.23. The molecule has 1 atom stereocenters. The third kappa shape index (κ3) is 3.73. The molecule has 22 heavy (non-hydrogen) atoms. The van der Waals surface area contributed by atoms with Gasteiger partial charge in [-0.3, -0.25) is 15.1 Å². The fourth-order valence-corrected chi connectivity index (χ4v) is 2.28. The second-order valence-corrected chi connectivity index (χ2v) is 5.02. The smallest absolute Gasteiger partial charge is 0.408 e. The monoisotopic (exact) mass is 305 g/mol. The Balaban J connectivity index is 1.93. The lowest BCUT2D eigenvalue weighted by Crippen LogP contribution is -2.59. The van der Waals surface area contributed by atoms with E-state index in [-0.39, 0.29) is 11.7 Å². The van der Waals surface area contributed by atoms with Gasteiger partial charge in [-0.15, -0.1) is 0 Å². The van der Waals surface area contributed by atoms with Gasteiger partial charge in [-0.1, -0.05) is 24.3 Å². The molecule has 1 unspecified atom stereocenters. The predicted molar refractivity (Wildman–Crippen MR) is 80.7 cm³/mol. The van der Waals surface area contributed by atoms with E-state index in [1.807, 2.05) is 0 Å². The summed E-state index contributed by atoms with van der Waals surface area (Å²) in [7, 11) is 0. The fourth-order valence-electron chi connectivity index (χ4n) is 2.28. The molecule has 8 nitrogen and oxygen atoms in total. The second-order valence-electron chi connectivity index (χ2n) is 5.02. The van der Waals surface area contributed by atoms with Crippen LogP contribution in [0.15, 0.2) is 24.3 Å². The molecule has 8 heteroatoms. The van der Waals surface area contributed by atoms with Crippen LogP contribution in [0.3, 0.4) is 0 Å². The predicted octanol–water partition coefficient (Wildman–Crippen LogP) is -0.461. The molecule has 1 heterocycles. The topological polar surface area (TPSA) is 132 Å². The van der Waals surface area contributed by atoms with Crippen LogP contribution in [-0.2, 0) is 11.3 Å². The van der Waals surface area contributed by atoms with Crippen molar-refractivity contribution in [3.63, 3.8) is 0 Å². The lowest BCUT2D eigenvalue weighted by atomic mass is 10.1. The highest BCUT2D eigenvalue weighted by atomic mass is 16.4. The number of amides is 2. The number of nitrogen functional groups attached to an aromatic ring is 1. The van der Waals surface area contributed by atoms with Crippen LogP contribution in [-0.4, -0.2) is 53.5 Å². The van der Waals surface area contributed by atoms with Crippen LogP contribution in [0, 0.1) is 5.41 Å². The van der Waals surface area contributed by atoms with Gasteiger partial charge in [-0.05, 0) is 5.56 Å². The van der Waals surface area contributed by atoms with Crippen molar-refractivity contribution in [2.24, 2.45) is 5.73 Å². The average molecular weight is 305 g/mol. The van der Waals surface area contributed by atoms with Crippen molar-refractivity contribution in [1.29, 1.82) is 5.41 Å². The van der Waals surface area contributed by atoms with Gasteiger partial charge in [0.25, 0.3) is 0 Å². The highest BCUT2D eigenvalue weighted by molar-refractivity contribution is 5.94. The number of rotatable bonds is 4. The minimum absolute atomic E-state index is 0.0130. The molecule has 0 aliphatic carbocycles. The quantitative estimate of drug-likeness (QED) is 0.379. The minimum atomic E-state index is -1.09. The number of carbonyl (C=O) groups is 2. The van der Waals surface area contributed by atoms with Gasteiger partial charge in [0.1, 0.15) is 11.9 Å². The van der Waals surface area contributed by atoms with Crippen molar-refractivity contribution in [2.45, 2.75) is 12.6 Å². The first-order chi connectivity index (χ1) is 10.5. The molecule has 2 rings (SSSR count). The van der Waals surface area contributed by atoms with Gasteiger partial charge < -0.3 is 21.5 Å². The van der Waals surface area contributed by atoms with E-state index in [9.17, 15) is 9.59 Å². The van der Waals surface area contributed by atoms with E-state index in [2.05, 4.69) is 10.6 Å². The Bertz CT molecular complexity index is 572. The van der Waals surface area contributed by atoms with Crippen LogP contribution in [0.25, 0.3) is 0 Å². The Labute approximate surface area is 127 Å². The summed E-state index contributed by atoms with van der Waals surface area (Å²) < 4.78 is 0. The van der Waals surface area contributed by atoms with E-state index in [0.29, 0.717) is 31.7 Å².